The number of hydrogen-bond donors (Lipinski definition) is 1. The van der Waals surface area contributed by atoms with Gasteiger partial charge in [0.25, 0.3) is 0 Å². The Kier molecular flexibility index (Phi) is 4.57. The van der Waals surface area contributed by atoms with Crippen LogP contribution in [0.3, 0.4) is 0 Å². The van der Waals surface area contributed by atoms with Crippen molar-refractivity contribution in [1.82, 2.24) is 9.88 Å². The van der Waals surface area contributed by atoms with Gasteiger partial charge < -0.3 is 14.9 Å². The molecule has 0 spiro atoms. The van der Waals surface area contributed by atoms with E-state index >= 15 is 0 Å². The molecule has 5 nitrogen and oxygen atoms in total. The van der Waals surface area contributed by atoms with Gasteiger partial charge in [0.2, 0.25) is 6.41 Å². The maximum atomic E-state index is 10.8. The van der Waals surface area contributed by atoms with Gasteiger partial charge in [-0.1, -0.05) is 30.3 Å². The molecule has 1 aromatic carbocycles. The van der Waals surface area contributed by atoms with Crippen LogP contribution in [0.5, 0.6) is 0 Å². The number of carbonyl (C=O) groups excluding carboxylic acids is 1. The van der Waals surface area contributed by atoms with E-state index in [-0.39, 0.29) is 0 Å². The first-order chi connectivity index (χ1) is 11.2. The SMILES string of the molecule is Cc1cc(C(O)c2ccccc2)cnc1N1CCN(C=O)CC1. The van der Waals surface area contributed by atoms with Crippen LogP contribution in [0.25, 0.3) is 0 Å². The maximum Gasteiger partial charge on any atom is 0.209 e. The molecule has 1 aliphatic heterocycles. The standard InChI is InChI=1S/C18H21N3O2/c1-14-11-16(17(23)15-5-3-2-4-6-15)12-19-18(14)21-9-7-20(13-22)8-10-21/h2-6,11-13,17,23H,7-10H2,1H3. The molecule has 1 saturated heterocycles. The lowest BCUT2D eigenvalue weighted by Gasteiger charge is -2.34. The fourth-order valence-corrected chi connectivity index (χ4v) is 2.94. The molecule has 1 N–H and O–H groups in total. The molecule has 1 aromatic heterocycles. The van der Waals surface area contributed by atoms with Gasteiger partial charge in [-0.3, -0.25) is 4.79 Å². The van der Waals surface area contributed by atoms with Gasteiger partial charge in [-0.05, 0) is 24.1 Å². The Morgan fingerprint density at radius 2 is 1.83 bits per heavy atom. The van der Waals surface area contributed by atoms with E-state index in [0.29, 0.717) is 0 Å². The fourth-order valence-electron chi connectivity index (χ4n) is 2.94. The van der Waals surface area contributed by atoms with Crippen molar-refractivity contribution >= 4 is 12.2 Å². The first-order valence-corrected chi connectivity index (χ1v) is 7.83. The quantitative estimate of drug-likeness (QED) is 0.874. The molecule has 2 aromatic rings. The second-order valence-electron chi connectivity index (χ2n) is 5.85. The Balaban J connectivity index is 1.77. The van der Waals surface area contributed by atoms with Crippen LogP contribution in [-0.4, -0.2) is 47.6 Å². The van der Waals surface area contributed by atoms with E-state index in [2.05, 4.69) is 9.88 Å². The van der Waals surface area contributed by atoms with Crippen LogP contribution >= 0.6 is 0 Å². The van der Waals surface area contributed by atoms with Crippen LogP contribution in [0, 0.1) is 6.92 Å². The van der Waals surface area contributed by atoms with Gasteiger partial charge in [-0.25, -0.2) is 4.98 Å². The lowest BCUT2D eigenvalue weighted by atomic mass is 10.0. The van der Waals surface area contributed by atoms with Gasteiger partial charge in [0.05, 0.1) is 0 Å². The number of anilines is 1. The number of piperazine rings is 1. The van der Waals surface area contributed by atoms with Crippen molar-refractivity contribution in [3.05, 3.63) is 59.3 Å². The highest BCUT2D eigenvalue weighted by Crippen LogP contribution is 2.26. The summed E-state index contributed by atoms with van der Waals surface area (Å²) in [5.41, 5.74) is 2.70. The molecule has 0 radical (unpaired) electrons. The first-order valence-electron chi connectivity index (χ1n) is 7.83. The zero-order valence-corrected chi connectivity index (χ0v) is 13.2. The van der Waals surface area contributed by atoms with Crippen LogP contribution in [0.15, 0.2) is 42.6 Å². The van der Waals surface area contributed by atoms with Crippen molar-refractivity contribution in [1.29, 1.82) is 0 Å². The van der Waals surface area contributed by atoms with E-state index in [1.54, 1.807) is 11.1 Å². The van der Waals surface area contributed by atoms with Crippen molar-refractivity contribution < 1.29 is 9.90 Å². The number of aromatic nitrogens is 1. The van der Waals surface area contributed by atoms with E-state index in [0.717, 1.165) is 55.1 Å². The Bertz CT molecular complexity index is 667. The molecule has 120 valence electrons. The van der Waals surface area contributed by atoms with E-state index in [1.165, 1.54) is 0 Å². The molecular formula is C18H21N3O2. The van der Waals surface area contributed by atoms with Crippen LogP contribution in [0.1, 0.15) is 22.8 Å². The Labute approximate surface area is 136 Å². The largest absolute Gasteiger partial charge is 0.384 e. The smallest absolute Gasteiger partial charge is 0.209 e. The molecule has 5 heteroatoms. The number of carbonyl (C=O) groups is 1. The summed E-state index contributed by atoms with van der Waals surface area (Å²) in [4.78, 5) is 19.3. The number of amides is 1. The second kappa shape index (κ2) is 6.79. The predicted molar refractivity (Wildman–Crippen MR) is 89.3 cm³/mol. The molecule has 0 aliphatic carbocycles. The van der Waals surface area contributed by atoms with E-state index in [4.69, 9.17) is 0 Å². The molecule has 2 heterocycles. The molecule has 1 amide bonds. The zero-order valence-electron chi connectivity index (χ0n) is 13.2. The minimum atomic E-state index is -0.664. The monoisotopic (exact) mass is 311 g/mol. The van der Waals surface area contributed by atoms with Gasteiger partial charge in [-0.2, -0.15) is 0 Å². The van der Waals surface area contributed by atoms with Gasteiger partial charge in [0.15, 0.2) is 0 Å². The summed E-state index contributed by atoms with van der Waals surface area (Å²) in [6, 6.07) is 11.6. The number of aliphatic hydroxyl groups excluding tert-OH is 1. The summed E-state index contributed by atoms with van der Waals surface area (Å²) in [6.45, 7) is 5.02. The molecule has 1 atom stereocenters. The van der Waals surface area contributed by atoms with Gasteiger partial charge in [0, 0.05) is 37.9 Å². The van der Waals surface area contributed by atoms with E-state index in [9.17, 15) is 9.90 Å². The van der Waals surface area contributed by atoms with Crippen LogP contribution in [-0.2, 0) is 4.79 Å². The lowest BCUT2D eigenvalue weighted by Crippen LogP contribution is -2.46. The zero-order chi connectivity index (χ0) is 16.2. The molecule has 1 unspecified atom stereocenters. The minimum absolute atomic E-state index is 0.664. The molecule has 3 rings (SSSR count). The van der Waals surface area contributed by atoms with Gasteiger partial charge in [0.1, 0.15) is 11.9 Å². The summed E-state index contributed by atoms with van der Waals surface area (Å²) < 4.78 is 0. The summed E-state index contributed by atoms with van der Waals surface area (Å²) >= 11 is 0. The highest BCUT2D eigenvalue weighted by atomic mass is 16.3. The number of aliphatic hydroxyl groups is 1. The molecule has 0 bridgehead atoms. The third-order valence-corrected chi connectivity index (χ3v) is 4.27. The van der Waals surface area contributed by atoms with Crippen molar-refractivity contribution in [2.24, 2.45) is 0 Å². The molecule has 1 aliphatic rings. The Morgan fingerprint density at radius 3 is 2.43 bits per heavy atom. The van der Waals surface area contributed by atoms with Crippen LogP contribution in [0.2, 0.25) is 0 Å². The van der Waals surface area contributed by atoms with Crippen LogP contribution in [0.4, 0.5) is 5.82 Å². The number of rotatable bonds is 4. The molecule has 0 saturated carbocycles. The fraction of sp³-hybridized carbons (Fsp3) is 0.333. The highest BCUT2D eigenvalue weighted by Gasteiger charge is 2.19. The van der Waals surface area contributed by atoms with Gasteiger partial charge >= 0.3 is 0 Å². The third kappa shape index (κ3) is 3.35. The minimum Gasteiger partial charge on any atom is -0.384 e. The Morgan fingerprint density at radius 1 is 1.13 bits per heavy atom. The van der Waals surface area contributed by atoms with Crippen molar-refractivity contribution in [3.8, 4) is 0 Å². The summed E-state index contributed by atoms with van der Waals surface area (Å²) in [5, 5.41) is 10.5. The molecule has 23 heavy (non-hydrogen) atoms. The summed E-state index contributed by atoms with van der Waals surface area (Å²) in [5.74, 6) is 0.930. The maximum absolute atomic E-state index is 10.8. The number of hydrogen-bond acceptors (Lipinski definition) is 4. The topological polar surface area (TPSA) is 56.7 Å². The van der Waals surface area contributed by atoms with Crippen molar-refractivity contribution in [2.45, 2.75) is 13.0 Å². The van der Waals surface area contributed by atoms with Crippen molar-refractivity contribution in [2.75, 3.05) is 31.1 Å². The average molecular weight is 311 g/mol. The predicted octanol–water partition coefficient (Wildman–Crippen LogP) is 1.75. The second-order valence-corrected chi connectivity index (χ2v) is 5.85. The van der Waals surface area contributed by atoms with E-state index in [1.807, 2.05) is 43.3 Å². The Hall–Kier alpha value is -2.40. The number of nitrogens with zero attached hydrogens (tertiary/aromatic N) is 3. The lowest BCUT2D eigenvalue weighted by molar-refractivity contribution is -0.118. The average Bonchev–Trinajstić information content (AvgIpc) is 2.62. The summed E-state index contributed by atoms with van der Waals surface area (Å²) in [7, 11) is 0. The highest BCUT2D eigenvalue weighted by molar-refractivity contribution is 5.51. The molecule has 1 fully saturated rings. The number of pyridine rings is 1. The number of benzene rings is 1. The normalized spacial score (nSPS) is 16.3. The van der Waals surface area contributed by atoms with Crippen LogP contribution < -0.4 is 4.90 Å². The van der Waals surface area contributed by atoms with Gasteiger partial charge in [-0.15, -0.1) is 0 Å². The van der Waals surface area contributed by atoms with Crippen molar-refractivity contribution in [3.63, 3.8) is 0 Å². The number of aryl methyl sites for hydroxylation is 1. The van der Waals surface area contributed by atoms with E-state index < -0.39 is 6.10 Å². The third-order valence-electron chi connectivity index (χ3n) is 4.27. The first kappa shape index (κ1) is 15.5. The summed E-state index contributed by atoms with van der Waals surface area (Å²) in [6.07, 6.45) is 1.98. The molecular weight excluding hydrogens is 290 g/mol.